The van der Waals surface area contributed by atoms with Crippen LogP contribution in [0.1, 0.15) is 30.0 Å². The lowest BCUT2D eigenvalue weighted by atomic mass is 10.1. The summed E-state index contributed by atoms with van der Waals surface area (Å²) in [6, 6.07) is 3.74. The highest BCUT2D eigenvalue weighted by molar-refractivity contribution is 7.00. The van der Waals surface area contributed by atoms with E-state index in [2.05, 4.69) is 14.1 Å². The van der Waals surface area contributed by atoms with Crippen LogP contribution >= 0.6 is 34.9 Å². The van der Waals surface area contributed by atoms with Gasteiger partial charge in [-0.2, -0.15) is 8.75 Å². The summed E-state index contributed by atoms with van der Waals surface area (Å²) >= 11 is 13.6. The summed E-state index contributed by atoms with van der Waals surface area (Å²) in [6.45, 7) is 5.93. The second-order valence-corrected chi connectivity index (χ2v) is 6.25. The number of nitrogens with zero attached hydrogens (tertiary/aromatic N) is 2. The van der Waals surface area contributed by atoms with Crippen LogP contribution in [-0.4, -0.2) is 8.75 Å². The Morgan fingerprint density at radius 2 is 1.86 bits per heavy atom. The highest BCUT2D eigenvalue weighted by atomic mass is 35.5. The number of halogens is 2. The number of rotatable bonds is 3. The van der Waals surface area contributed by atoms with E-state index in [0.717, 1.165) is 34.5 Å². The minimum absolute atomic E-state index is 0.0334. The van der Waals surface area contributed by atoms with Crippen LogP contribution in [0.15, 0.2) is 16.5 Å². The van der Waals surface area contributed by atoms with Crippen LogP contribution in [-0.2, 0) is 0 Å². The molecular weight excluding hydrogens is 329 g/mol. The molecule has 4 nitrogen and oxygen atoms in total. The fraction of sp³-hybridized carbons (Fsp3) is 0.286. The van der Waals surface area contributed by atoms with Gasteiger partial charge in [-0.15, -0.1) is 0 Å². The van der Waals surface area contributed by atoms with E-state index in [0.29, 0.717) is 21.1 Å². The number of aryl methyl sites for hydroxylation is 2. The zero-order chi connectivity index (χ0) is 15.1. The van der Waals surface area contributed by atoms with Gasteiger partial charge in [0.05, 0.1) is 33.5 Å². The summed E-state index contributed by atoms with van der Waals surface area (Å²) in [7, 11) is 0. The highest BCUT2D eigenvalue weighted by Crippen LogP contribution is 2.37. The Morgan fingerprint density at radius 1 is 1.14 bits per heavy atom. The molecule has 21 heavy (non-hydrogen) atoms. The second kappa shape index (κ2) is 5.48. The Bertz CT molecular complexity index is 812. The molecule has 2 aromatic heterocycles. The van der Waals surface area contributed by atoms with Crippen LogP contribution in [0.2, 0.25) is 10.0 Å². The number of nitrogens with one attached hydrogen (secondary N) is 1. The van der Waals surface area contributed by atoms with Crippen molar-refractivity contribution in [1.82, 2.24) is 8.75 Å². The van der Waals surface area contributed by atoms with Gasteiger partial charge < -0.3 is 9.73 Å². The predicted octanol–water partition coefficient (Wildman–Crippen LogP) is 5.38. The van der Waals surface area contributed by atoms with Crippen molar-refractivity contribution in [3.8, 4) is 0 Å². The molecule has 3 aromatic rings. The van der Waals surface area contributed by atoms with Crippen molar-refractivity contribution in [2.45, 2.75) is 26.8 Å². The molecule has 0 aliphatic rings. The van der Waals surface area contributed by atoms with Gasteiger partial charge >= 0.3 is 0 Å². The third-order valence-corrected chi connectivity index (χ3v) is 4.47. The molecule has 0 saturated carbocycles. The average molecular weight is 342 g/mol. The average Bonchev–Trinajstić information content (AvgIpc) is 3.01. The molecule has 7 heteroatoms. The molecule has 0 aliphatic carbocycles. The first-order valence-electron chi connectivity index (χ1n) is 6.41. The van der Waals surface area contributed by atoms with E-state index in [1.165, 1.54) is 0 Å². The SMILES string of the molecule is Cc1cc(C(C)Nc2c(Cl)cc(Cl)c3nsnc23)c(C)o1. The number of aromatic nitrogens is 2. The summed E-state index contributed by atoms with van der Waals surface area (Å²) in [4.78, 5) is 0. The van der Waals surface area contributed by atoms with Gasteiger partial charge in [0.2, 0.25) is 0 Å². The van der Waals surface area contributed by atoms with Crippen molar-refractivity contribution in [1.29, 1.82) is 0 Å². The maximum Gasteiger partial charge on any atom is 0.130 e. The van der Waals surface area contributed by atoms with Gasteiger partial charge in [0, 0.05) is 5.56 Å². The first-order chi connectivity index (χ1) is 9.97. The second-order valence-electron chi connectivity index (χ2n) is 4.91. The molecule has 3 rings (SSSR count). The summed E-state index contributed by atoms with van der Waals surface area (Å²) in [6.07, 6.45) is 0. The molecule has 1 atom stereocenters. The highest BCUT2D eigenvalue weighted by Gasteiger charge is 2.18. The van der Waals surface area contributed by atoms with Crippen LogP contribution < -0.4 is 5.32 Å². The van der Waals surface area contributed by atoms with Crippen LogP contribution in [0.5, 0.6) is 0 Å². The molecule has 0 aliphatic heterocycles. The number of anilines is 1. The topological polar surface area (TPSA) is 51.0 Å². The molecular formula is C14H13Cl2N3OS. The van der Waals surface area contributed by atoms with Crippen LogP contribution in [0.3, 0.4) is 0 Å². The summed E-state index contributed by atoms with van der Waals surface area (Å²) in [5.41, 5.74) is 3.20. The zero-order valence-corrected chi connectivity index (χ0v) is 14.0. The number of benzene rings is 1. The Kier molecular flexibility index (Phi) is 3.82. The van der Waals surface area contributed by atoms with Gasteiger partial charge in [0.1, 0.15) is 22.6 Å². The van der Waals surface area contributed by atoms with E-state index in [4.69, 9.17) is 27.6 Å². The summed E-state index contributed by atoms with van der Waals surface area (Å²) in [5.74, 6) is 1.78. The molecule has 0 fully saturated rings. The molecule has 0 radical (unpaired) electrons. The normalized spacial score (nSPS) is 12.8. The first-order valence-corrected chi connectivity index (χ1v) is 7.89. The molecule has 0 amide bonds. The Labute approximate surface area is 136 Å². The lowest BCUT2D eigenvalue weighted by Crippen LogP contribution is -2.08. The van der Waals surface area contributed by atoms with Crippen LogP contribution in [0.4, 0.5) is 5.69 Å². The van der Waals surface area contributed by atoms with Gasteiger partial charge in [-0.05, 0) is 32.9 Å². The van der Waals surface area contributed by atoms with E-state index >= 15 is 0 Å². The third kappa shape index (κ3) is 2.61. The largest absolute Gasteiger partial charge is 0.466 e. The van der Waals surface area contributed by atoms with E-state index in [-0.39, 0.29) is 6.04 Å². The van der Waals surface area contributed by atoms with Gasteiger partial charge in [-0.25, -0.2) is 0 Å². The van der Waals surface area contributed by atoms with E-state index in [9.17, 15) is 0 Å². The van der Waals surface area contributed by atoms with Crippen molar-refractivity contribution in [2.24, 2.45) is 0 Å². The quantitative estimate of drug-likeness (QED) is 0.694. The molecule has 1 N–H and O–H groups in total. The Morgan fingerprint density at radius 3 is 2.52 bits per heavy atom. The van der Waals surface area contributed by atoms with Crippen molar-refractivity contribution in [3.05, 3.63) is 39.3 Å². The Balaban J connectivity index is 2.02. The standard InChI is InChI=1S/C14H13Cl2N3OS/c1-6-4-9(8(3)20-6)7(2)17-12-10(15)5-11(16)13-14(12)19-21-18-13/h4-5,7,17H,1-3H3. The van der Waals surface area contributed by atoms with Crippen LogP contribution in [0, 0.1) is 13.8 Å². The molecule has 0 spiro atoms. The molecule has 2 heterocycles. The third-order valence-electron chi connectivity index (χ3n) is 3.35. The van der Waals surface area contributed by atoms with Crippen LogP contribution in [0.25, 0.3) is 11.0 Å². The van der Waals surface area contributed by atoms with Gasteiger partial charge in [-0.3, -0.25) is 0 Å². The fourth-order valence-corrected chi connectivity index (χ4v) is 3.55. The van der Waals surface area contributed by atoms with Gasteiger partial charge in [0.15, 0.2) is 0 Å². The molecule has 1 aromatic carbocycles. The van der Waals surface area contributed by atoms with Crippen molar-refractivity contribution >= 4 is 51.7 Å². The summed E-state index contributed by atoms with van der Waals surface area (Å²) < 4.78 is 14.1. The first kappa shape index (κ1) is 14.6. The number of fused-ring (bicyclic) bond motifs is 1. The Hall–Kier alpha value is -1.30. The maximum absolute atomic E-state index is 6.31. The molecule has 0 saturated heterocycles. The predicted molar refractivity (Wildman–Crippen MR) is 87.7 cm³/mol. The fourth-order valence-electron chi connectivity index (χ4n) is 2.39. The minimum Gasteiger partial charge on any atom is -0.466 e. The number of hydrogen-bond acceptors (Lipinski definition) is 5. The van der Waals surface area contributed by atoms with Crippen molar-refractivity contribution < 1.29 is 4.42 Å². The number of furan rings is 1. The van der Waals surface area contributed by atoms with Crippen molar-refractivity contribution in [2.75, 3.05) is 5.32 Å². The van der Waals surface area contributed by atoms with E-state index < -0.39 is 0 Å². The van der Waals surface area contributed by atoms with Gasteiger partial charge in [-0.1, -0.05) is 23.2 Å². The van der Waals surface area contributed by atoms with E-state index in [1.54, 1.807) is 6.07 Å². The molecule has 110 valence electrons. The molecule has 0 bridgehead atoms. The lowest BCUT2D eigenvalue weighted by molar-refractivity contribution is 0.500. The summed E-state index contributed by atoms with van der Waals surface area (Å²) in [5, 5.41) is 4.43. The van der Waals surface area contributed by atoms with Gasteiger partial charge in [0.25, 0.3) is 0 Å². The monoisotopic (exact) mass is 341 g/mol. The van der Waals surface area contributed by atoms with Crippen molar-refractivity contribution in [3.63, 3.8) is 0 Å². The maximum atomic E-state index is 6.31. The number of hydrogen-bond donors (Lipinski definition) is 1. The van der Waals surface area contributed by atoms with E-state index in [1.807, 2.05) is 26.8 Å². The smallest absolute Gasteiger partial charge is 0.130 e. The zero-order valence-electron chi connectivity index (χ0n) is 11.7. The minimum atomic E-state index is 0.0334. The lowest BCUT2D eigenvalue weighted by Gasteiger charge is -2.16. The molecule has 1 unspecified atom stereocenters.